The van der Waals surface area contributed by atoms with Crippen molar-refractivity contribution in [1.82, 2.24) is 10.2 Å². The van der Waals surface area contributed by atoms with Crippen molar-refractivity contribution in [3.05, 3.63) is 33.8 Å². The molecule has 2 atom stereocenters. The van der Waals surface area contributed by atoms with Gasteiger partial charge < -0.3 is 15.0 Å². The lowest BCUT2D eigenvalue weighted by molar-refractivity contribution is -0.140. The monoisotopic (exact) mass is 386 g/mol. The summed E-state index contributed by atoms with van der Waals surface area (Å²) in [6.45, 7) is 7.55. The number of nitrogens with zero attached hydrogens (tertiary/aromatic N) is 1. The molecular weight excluding hydrogens is 363 g/mol. The molecule has 1 heterocycles. The lowest BCUT2D eigenvalue weighted by Gasteiger charge is -2.34. The third-order valence-electron chi connectivity index (χ3n) is 4.04. The Morgan fingerprint density at radius 1 is 1.36 bits per heavy atom. The molecule has 7 heteroatoms. The second kappa shape index (κ2) is 8.88. The van der Waals surface area contributed by atoms with Crippen molar-refractivity contribution in [2.75, 3.05) is 19.7 Å². The van der Waals surface area contributed by atoms with E-state index in [0.29, 0.717) is 36.7 Å². The van der Waals surface area contributed by atoms with Crippen LogP contribution in [0, 0.1) is 5.92 Å². The Kier molecular flexibility index (Phi) is 7.11. The zero-order chi connectivity index (χ0) is 18.6. The van der Waals surface area contributed by atoms with Crippen molar-refractivity contribution < 1.29 is 14.3 Å². The summed E-state index contributed by atoms with van der Waals surface area (Å²) in [4.78, 5) is 27.2. The molecule has 0 radical (unpaired) electrons. The van der Waals surface area contributed by atoms with Gasteiger partial charge in [-0.2, -0.15) is 0 Å². The molecule has 1 fully saturated rings. The van der Waals surface area contributed by atoms with Crippen LogP contribution in [0.5, 0.6) is 0 Å². The van der Waals surface area contributed by atoms with Crippen LogP contribution in [0.2, 0.25) is 10.0 Å². The van der Waals surface area contributed by atoms with Gasteiger partial charge in [-0.25, -0.2) is 0 Å². The molecule has 1 aliphatic heterocycles. The van der Waals surface area contributed by atoms with Crippen LogP contribution < -0.4 is 5.32 Å². The number of rotatable bonds is 5. The number of benzene rings is 1. The van der Waals surface area contributed by atoms with Crippen LogP contribution in [-0.2, 0) is 9.53 Å². The van der Waals surface area contributed by atoms with Gasteiger partial charge in [0.2, 0.25) is 5.91 Å². The number of morpholine rings is 1. The average molecular weight is 387 g/mol. The predicted octanol–water partition coefficient (Wildman–Crippen LogP) is 3.39. The minimum atomic E-state index is -0.593. The van der Waals surface area contributed by atoms with Gasteiger partial charge in [0, 0.05) is 18.1 Å². The predicted molar refractivity (Wildman–Crippen MR) is 99.2 cm³/mol. The first-order chi connectivity index (χ1) is 11.8. The standard InChI is InChI=1S/C18H24Cl2N2O3/c1-11(2)8-16(18(24)22-6-7-25-12(3)10-22)21-17(23)14-5-4-13(19)9-15(14)20/h4-5,9,11-12,16H,6-8,10H2,1-3H3,(H,21,23)/t12-,16+/m1/s1. The molecule has 1 N–H and O–H groups in total. The molecule has 1 saturated heterocycles. The van der Waals surface area contributed by atoms with E-state index in [1.165, 1.54) is 6.07 Å². The second-order valence-corrected chi connectivity index (χ2v) is 7.59. The van der Waals surface area contributed by atoms with Gasteiger partial charge in [-0.1, -0.05) is 37.0 Å². The van der Waals surface area contributed by atoms with E-state index < -0.39 is 6.04 Å². The third-order valence-corrected chi connectivity index (χ3v) is 4.59. The van der Waals surface area contributed by atoms with E-state index in [9.17, 15) is 9.59 Å². The quantitative estimate of drug-likeness (QED) is 0.843. The van der Waals surface area contributed by atoms with Crippen LogP contribution in [0.4, 0.5) is 0 Å². The van der Waals surface area contributed by atoms with E-state index >= 15 is 0 Å². The molecule has 0 saturated carbocycles. The number of carbonyl (C=O) groups is 2. The fourth-order valence-corrected chi connectivity index (χ4v) is 3.34. The smallest absolute Gasteiger partial charge is 0.253 e. The molecule has 2 rings (SSSR count). The normalized spacial score (nSPS) is 19.0. The van der Waals surface area contributed by atoms with Crippen LogP contribution in [0.25, 0.3) is 0 Å². The number of hydrogen-bond acceptors (Lipinski definition) is 3. The summed E-state index contributed by atoms with van der Waals surface area (Å²) in [6.07, 6.45) is 0.556. The molecule has 0 aromatic heterocycles. The zero-order valence-electron chi connectivity index (χ0n) is 14.7. The summed E-state index contributed by atoms with van der Waals surface area (Å²) in [5, 5.41) is 3.56. The summed E-state index contributed by atoms with van der Waals surface area (Å²) in [6, 6.07) is 4.09. The highest BCUT2D eigenvalue weighted by Crippen LogP contribution is 2.21. The Balaban J connectivity index is 2.13. The van der Waals surface area contributed by atoms with E-state index in [-0.39, 0.29) is 28.9 Å². The van der Waals surface area contributed by atoms with Gasteiger partial charge in [0.1, 0.15) is 6.04 Å². The summed E-state index contributed by atoms with van der Waals surface area (Å²) in [7, 11) is 0. The van der Waals surface area contributed by atoms with Gasteiger partial charge in [-0.15, -0.1) is 0 Å². The highest BCUT2D eigenvalue weighted by Gasteiger charge is 2.30. The molecule has 1 aliphatic rings. The van der Waals surface area contributed by atoms with Gasteiger partial charge in [0.25, 0.3) is 5.91 Å². The topological polar surface area (TPSA) is 58.6 Å². The van der Waals surface area contributed by atoms with Crippen molar-refractivity contribution in [3.8, 4) is 0 Å². The number of amides is 2. The molecule has 0 bridgehead atoms. The minimum Gasteiger partial charge on any atom is -0.375 e. The summed E-state index contributed by atoms with van der Waals surface area (Å²) < 4.78 is 5.49. The highest BCUT2D eigenvalue weighted by molar-refractivity contribution is 6.36. The highest BCUT2D eigenvalue weighted by atomic mass is 35.5. The molecule has 1 aromatic carbocycles. The maximum absolute atomic E-state index is 12.9. The van der Waals surface area contributed by atoms with Crippen LogP contribution >= 0.6 is 23.2 Å². The summed E-state index contributed by atoms with van der Waals surface area (Å²) >= 11 is 12.0. The van der Waals surface area contributed by atoms with Gasteiger partial charge in [-0.3, -0.25) is 9.59 Å². The Bertz CT molecular complexity index is 637. The first-order valence-electron chi connectivity index (χ1n) is 8.44. The minimum absolute atomic E-state index is 0.00110. The lowest BCUT2D eigenvalue weighted by Crippen LogP contribution is -2.53. The first kappa shape index (κ1) is 20.0. The van der Waals surface area contributed by atoms with Crippen LogP contribution in [0.1, 0.15) is 37.6 Å². The number of carbonyl (C=O) groups excluding carboxylic acids is 2. The average Bonchev–Trinajstić information content (AvgIpc) is 2.53. The fourth-order valence-electron chi connectivity index (χ4n) is 2.84. The summed E-state index contributed by atoms with van der Waals surface area (Å²) in [5.74, 6) is -0.197. The lowest BCUT2D eigenvalue weighted by atomic mass is 10.0. The van der Waals surface area contributed by atoms with E-state index in [2.05, 4.69) is 5.32 Å². The van der Waals surface area contributed by atoms with Crippen molar-refractivity contribution in [1.29, 1.82) is 0 Å². The van der Waals surface area contributed by atoms with Crippen molar-refractivity contribution in [2.24, 2.45) is 5.92 Å². The Morgan fingerprint density at radius 3 is 2.68 bits per heavy atom. The van der Waals surface area contributed by atoms with Gasteiger partial charge >= 0.3 is 0 Å². The Hall–Kier alpha value is -1.30. The fraction of sp³-hybridized carbons (Fsp3) is 0.556. The van der Waals surface area contributed by atoms with Gasteiger partial charge in [0.15, 0.2) is 0 Å². The first-order valence-corrected chi connectivity index (χ1v) is 9.19. The zero-order valence-corrected chi connectivity index (χ0v) is 16.2. The number of nitrogens with one attached hydrogen (secondary N) is 1. The van der Waals surface area contributed by atoms with Crippen LogP contribution in [-0.4, -0.2) is 48.6 Å². The molecule has 0 spiro atoms. The third kappa shape index (κ3) is 5.59. The molecule has 0 aliphatic carbocycles. The molecule has 5 nitrogen and oxygen atoms in total. The Labute approximate surface area is 158 Å². The van der Waals surface area contributed by atoms with Gasteiger partial charge in [0.05, 0.1) is 23.3 Å². The van der Waals surface area contributed by atoms with E-state index in [0.717, 1.165) is 0 Å². The maximum atomic E-state index is 12.9. The van der Waals surface area contributed by atoms with Gasteiger partial charge in [-0.05, 0) is 37.5 Å². The van der Waals surface area contributed by atoms with Crippen LogP contribution in [0.15, 0.2) is 18.2 Å². The molecular formula is C18H24Cl2N2O3. The number of hydrogen-bond donors (Lipinski definition) is 1. The second-order valence-electron chi connectivity index (χ2n) is 6.75. The molecule has 2 amide bonds. The van der Waals surface area contributed by atoms with Crippen molar-refractivity contribution in [2.45, 2.75) is 39.3 Å². The summed E-state index contributed by atoms with van der Waals surface area (Å²) in [5.41, 5.74) is 0.308. The SMILES string of the molecule is CC(C)C[C@H](NC(=O)c1ccc(Cl)cc1Cl)C(=O)N1CCO[C@H](C)C1. The van der Waals surface area contributed by atoms with E-state index in [1.54, 1.807) is 17.0 Å². The van der Waals surface area contributed by atoms with E-state index in [4.69, 9.17) is 27.9 Å². The van der Waals surface area contributed by atoms with Crippen LogP contribution in [0.3, 0.4) is 0 Å². The largest absolute Gasteiger partial charge is 0.375 e. The molecule has 1 aromatic rings. The molecule has 25 heavy (non-hydrogen) atoms. The number of ether oxygens (including phenoxy) is 1. The van der Waals surface area contributed by atoms with Crippen molar-refractivity contribution >= 4 is 35.0 Å². The van der Waals surface area contributed by atoms with Crippen molar-refractivity contribution in [3.63, 3.8) is 0 Å². The number of halogens is 2. The Morgan fingerprint density at radius 2 is 2.08 bits per heavy atom. The molecule has 0 unspecified atom stereocenters. The van der Waals surface area contributed by atoms with E-state index in [1.807, 2.05) is 20.8 Å². The molecule has 138 valence electrons. The maximum Gasteiger partial charge on any atom is 0.253 e.